The van der Waals surface area contributed by atoms with E-state index in [1.807, 2.05) is 32.0 Å². The molecule has 1 aromatic rings. The van der Waals surface area contributed by atoms with Crippen molar-refractivity contribution in [3.63, 3.8) is 0 Å². The zero-order valence-electron chi connectivity index (χ0n) is 14.6. The Morgan fingerprint density at radius 1 is 0.957 bits per heavy atom. The van der Waals surface area contributed by atoms with Crippen LogP contribution in [0.1, 0.15) is 71.3 Å². The Bertz CT molecular complexity index is 510. The van der Waals surface area contributed by atoms with Crippen LogP contribution in [0, 0.1) is 5.41 Å². The number of carbonyl (C=O) groups excluding carboxylic acids is 2. The van der Waals surface area contributed by atoms with Crippen molar-refractivity contribution < 1.29 is 9.59 Å². The van der Waals surface area contributed by atoms with Gasteiger partial charge in [0.2, 0.25) is 0 Å². The van der Waals surface area contributed by atoms with E-state index in [-0.39, 0.29) is 5.41 Å². The maximum Gasteiger partial charge on any atom is 0.130 e. The first-order valence-electron chi connectivity index (χ1n) is 8.58. The fourth-order valence-corrected chi connectivity index (χ4v) is 3.82. The molecule has 1 rings (SSSR count). The Morgan fingerprint density at radius 3 is 2.17 bits per heavy atom. The lowest BCUT2D eigenvalue weighted by atomic mass is 9.74. The summed E-state index contributed by atoms with van der Waals surface area (Å²) in [5.41, 5.74) is 0.480. The lowest BCUT2D eigenvalue weighted by Crippen LogP contribution is -2.28. The van der Waals surface area contributed by atoms with Gasteiger partial charge in [-0.05, 0) is 30.9 Å². The van der Waals surface area contributed by atoms with Gasteiger partial charge < -0.3 is 9.59 Å². The van der Waals surface area contributed by atoms with E-state index in [0.717, 1.165) is 67.6 Å². The molecule has 0 N–H and O–H groups in total. The smallest absolute Gasteiger partial charge is 0.130 e. The first-order chi connectivity index (χ1) is 10.9. The number of carbonyl (C=O) groups is 2. The third-order valence-corrected chi connectivity index (χ3v) is 5.29. The van der Waals surface area contributed by atoms with E-state index >= 15 is 0 Å². The van der Waals surface area contributed by atoms with E-state index in [4.69, 9.17) is 0 Å². The van der Waals surface area contributed by atoms with E-state index in [1.54, 1.807) is 0 Å². The van der Waals surface area contributed by atoms with Gasteiger partial charge in [-0.2, -0.15) is 0 Å². The van der Waals surface area contributed by atoms with Crippen LogP contribution in [-0.2, 0) is 15.0 Å². The van der Waals surface area contributed by atoms with Crippen LogP contribution in [0.15, 0.2) is 28.7 Å². The zero-order chi connectivity index (χ0) is 17.3. The highest BCUT2D eigenvalue weighted by atomic mass is 79.9. The van der Waals surface area contributed by atoms with Crippen molar-refractivity contribution in [2.75, 3.05) is 0 Å². The number of rotatable bonds is 11. The molecule has 1 atom stereocenters. The molecule has 0 fully saturated rings. The first kappa shape index (κ1) is 20.1. The summed E-state index contributed by atoms with van der Waals surface area (Å²) in [6, 6.07) is 8.05. The third kappa shape index (κ3) is 5.87. The van der Waals surface area contributed by atoms with Crippen LogP contribution in [0.25, 0.3) is 0 Å². The average Bonchev–Trinajstić information content (AvgIpc) is 2.54. The monoisotopic (exact) mass is 380 g/mol. The molecule has 0 radical (unpaired) electrons. The van der Waals surface area contributed by atoms with Crippen LogP contribution < -0.4 is 0 Å². The van der Waals surface area contributed by atoms with Gasteiger partial charge in [0.25, 0.3) is 0 Å². The fourth-order valence-electron chi connectivity index (χ4n) is 3.14. The van der Waals surface area contributed by atoms with E-state index in [9.17, 15) is 9.59 Å². The van der Waals surface area contributed by atoms with Crippen molar-refractivity contribution in [1.29, 1.82) is 0 Å². The lowest BCUT2D eigenvalue weighted by Gasteiger charge is -2.29. The molecule has 1 unspecified atom stereocenters. The minimum absolute atomic E-state index is 0.229. The molecule has 0 amide bonds. The highest BCUT2D eigenvalue weighted by molar-refractivity contribution is 9.10. The van der Waals surface area contributed by atoms with Gasteiger partial charge in [0.15, 0.2) is 0 Å². The van der Waals surface area contributed by atoms with E-state index in [2.05, 4.69) is 28.9 Å². The molecule has 0 spiro atoms. The molecule has 0 aliphatic rings. The Labute approximate surface area is 149 Å². The van der Waals surface area contributed by atoms with E-state index in [0.29, 0.717) is 0 Å². The lowest BCUT2D eigenvalue weighted by molar-refractivity contribution is -0.115. The highest BCUT2D eigenvalue weighted by Gasteiger charge is 2.32. The number of unbranched alkanes of at least 4 members (excludes halogenated alkanes) is 2. The summed E-state index contributed by atoms with van der Waals surface area (Å²) in [6.07, 6.45) is 8.92. The van der Waals surface area contributed by atoms with Crippen LogP contribution in [0.2, 0.25) is 0 Å². The Balaban J connectivity index is 2.71. The molecule has 0 saturated carbocycles. The number of hydrogen-bond acceptors (Lipinski definition) is 2. The van der Waals surface area contributed by atoms with Crippen molar-refractivity contribution in [2.45, 2.75) is 71.1 Å². The number of hydrogen-bond donors (Lipinski definition) is 0. The normalized spacial score (nSPS) is 14.3. The van der Waals surface area contributed by atoms with Crippen molar-refractivity contribution in [2.24, 2.45) is 5.41 Å². The number of aldehydes is 2. The van der Waals surface area contributed by atoms with Gasteiger partial charge >= 0.3 is 0 Å². The van der Waals surface area contributed by atoms with Crippen LogP contribution in [0.5, 0.6) is 0 Å². The first-order valence-corrected chi connectivity index (χ1v) is 9.38. The van der Waals surface area contributed by atoms with E-state index < -0.39 is 5.41 Å². The van der Waals surface area contributed by atoms with Crippen molar-refractivity contribution in [3.05, 3.63) is 34.3 Å². The third-order valence-electron chi connectivity index (χ3n) is 4.60. The molecule has 3 heteroatoms. The maximum atomic E-state index is 12.0. The molecule has 0 saturated heterocycles. The van der Waals surface area contributed by atoms with Gasteiger partial charge in [0.1, 0.15) is 12.6 Å². The predicted molar refractivity (Wildman–Crippen MR) is 99.7 cm³/mol. The topological polar surface area (TPSA) is 34.1 Å². The minimum Gasteiger partial charge on any atom is -0.303 e. The zero-order valence-corrected chi connectivity index (χ0v) is 16.2. The molecular formula is C20H29BrO2. The Morgan fingerprint density at radius 2 is 1.61 bits per heavy atom. The molecule has 0 bridgehead atoms. The summed E-state index contributed by atoms with van der Waals surface area (Å²) in [4.78, 5) is 22.9. The van der Waals surface area contributed by atoms with Crippen LogP contribution in [-0.4, -0.2) is 12.6 Å². The summed E-state index contributed by atoms with van der Waals surface area (Å²) in [7, 11) is 0. The summed E-state index contributed by atoms with van der Waals surface area (Å²) in [6.45, 7) is 6.09. The Hall–Kier alpha value is -0.960. The molecule has 128 valence electrons. The number of benzene rings is 1. The predicted octanol–water partition coefficient (Wildman–Crippen LogP) is 5.86. The summed E-state index contributed by atoms with van der Waals surface area (Å²) in [5.74, 6) is 0. The van der Waals surface area contributed by atoms with Crippen molar-refractivity contribution in [1.82, 2.24) is 0 Å². The molecule has 2 nitrogen and oxygen atoms in total. The molecular weight excluding hydrogens is 352 g/mol. The molecule has 0 aromatic heterocycles. The van der Waals surface area contributed by atoms with Gasteiger partial charge in [-0.15, -0.1) is 0 Å². The summed E-state index contributed by atoms with van der Waals surface area (Å²) in [5, 5.41) is 0. The fraction of sp³-hybridized carbons (Fsp3) is 0.600. The quantitative estimate of drug-likeness (QED) is 0.355. The van der Waals surface area contributed by atoms with Gasteiger partial charge in [0.05, 0.1) is 5.41 Å². The van der Waals surface area contributed by atoms with Crippen molar-refractivity contribution >= 4 is 28.5 Å². The van der Waals surface area contributed by atoms with Gasteiger partial charge in [-0.3, -0.25) is 0 Å². The second-order valence-electron chi connectivity index (χ2n) is 7.17. The van der Waals surface area contributed by atoms with Crippen LogP contribution in [0.4, 0.5) is 0 Å². The SMILES string of the molecule is CCCC(C=O)(CCCCCC(C)(C)C=O)c1ccccc1Br. The van der Waals surface area contributed by atoms with Gasteiger partial charge in [0, 0.05) is 9.89 Å². The molecule has 23 heavy (non-hydrogen) atoms. The van der Waals surface area contributed by atoms with Crippen LogP contribution >= 0.6 is 15.9 Å². The van der Waals surface area contributed by atoms with Gasteiger partial charge in [-0.1, -0.05) is 80.6 Å². The van der Waals surface area contributed by atoms with Gasteiger partial charge in [-0.25, -0.2) is 0 Å². The number of halogens is 1. The standard InChI is InChI=1S/C20H29BrO2/c1-4-12-20(16-23,17-10-6-7-11-18(17)21)14-9-5-8-13-19(2,3)15-22/h6-7,10-11,15-16H,4-5,8-9,12-14H2,1-3H3. The molecule has 0 aliphatic carbocycles. The minimum atomic E-state index is -0.394. The maximum absolute atomic E-state index is 12.0. The van der Waals surface area contributed by atoms with Crippen LogP contribution in [0.3, 0.4) is 0 Å². The second-order valence-corrected chi connectivity index (χ2v) is 8.03. The van der Waals surface area contributed by atoms with E-state index in [1.165, 1.54) is 0 Å². The van der Waals surface area contributed by atoms with Crippen molar-refractivity contribution in [3.8, 4) is 0 Å². The summed E-state index contributed by atoms with van der Waals surface area (Å²) >= 11 is 3.60. The second kappa shape index (κ2) is 9.36. The molecule has 0 aliphatic heterocycles. The molecule has 0 heterocycles. The highest BCUT2D eigenvalue weighted by Crippen LogP contribution is 2.37. The Kier molecular flexibility index (Phi) is 8.18. The largest absolute Gasteiger partial charge is 0.303 e. The average molecular weight is 381 g/mol. The summed E-state index contributed by atoms with van der Waals surface area (Å²) < 4.78 is 1.02. The molecule has 1 aromatic carbocycles.